The van der Waals surface area contributed by atoms with Crippen LogP contribution in [-0.4, -0.2) is 19.8 Å². The van der Waals surface area contributed by atoms with E-state index in [0.29, 0.717) is 25.7 Å². The molecule has 0 saturated carbocycles. The highest BCUT2D eigenvalue weighted by Gasteiger charge is 2.44. The van der Waals surface area contributed by atoms with Gasteiger partial charge in [-0.15, -0.1) is 0 Å². The molecule has 88 valence electrons. The molecular formula is C13H18FNO. The second kappa shape index (κ2) is 4.52. The van der Waals surface area contributed by atoms with Crippen molar-refractivity contribution in [2.45, 2.75) is 18.8 Å². The van der Waals surface area contributed by atoms with Gasteiger partial charge in [0.25, 0.3) is 0 Å². The lowest BCUT2D eigenvalue weighted by Gasteiger charge is -2.46. The molecule has 1 fully saturated rings. The molecule has 1 aromatic carbocycles. The monoisotopic (exact) mass is 223 g/mol. The van der Waals surface area contributed by atoms with Crippen LogP contribution in [0, 0.1) is 11.7 Å². The summed E-state index contributed by atoms with van der Waals surface area (Å²) >= 11 is 0. The first-order valence-electron chi connectivity index (χ1n) is 5.73. The third-order valence-corrected chi connectivity index (χ3v) is 3.66. The highest BCUT2D eigenvalue weighted by molar-refractivity contribution is 5.29. The van der Waals surface area contributed by atoms with Crippen LogP contribution in [0.25, 0.3) is 0 Å². The molecule has 16 heavy (non-hydrogen) atoms. The lowest BCUT2D eigenvalue weighted by Crippen LogP contribution is -2.52. The zero-order valence-corrected chi connectivity index (χ0v) is 9.58. The Balaban J connectivity index is 2.27. The number of halogens is 1. The molecular weight excluding hydrogens is 205 g/mol. The Morgan fingerprint density at radius 2 is 2.25 bits per heavy atom. The smallest absolute Gasteiger partial charge is 0.123 e. The van der Waals surface area contributed by atoms with E-state index in [1.165, 1.54) is 6.07 Å². The SMILES string of the molecule is CC(CCN)C1(c2cccc(F)c2)COC1. The molecule has 0 aromatic heterocycles. The maximum absolute atomic E-state index is 13.2. The fourth-order valence-corrected chi connectivity index (χ4v) is 2.38. The molecule has 1 heterocycles. The minimum Gasteiger partial charge on any atom is -0.379 e. The zero-order valence-electron chi connectivity index (χ0n) is 9.58. The number of hydrogen-bond donors (Lipinski definition) is 1. The van der Waals surface area contributed by atoms with Gasteiger partial charge in [-0.1, -0.05) is 19.1 Å². The maximum Gasteiger partial charge on any atom is 0.123 e. The predicted molar refractivity (Wildman–Crippen MR) is 61.7 cm³/mol. The van der Waals surface area contributed by atoms with Gasteiger partial charge in [0.15, 0.2) is 0 Å². The molecule has 3 heteroatoms. The van der Waals surface area contributed by atoms with Crippen LogP contribution in [0.3, 0.4) is 0 Å². The Kier molecular flexibility index (Phi) is 3.26. The fourth-order valence-electron chi connectivity index (χ4n) is 2.38. The number of benzene rings is 1. The third-order valence-electron chi connectivity index (χ3n) is 3.66. The summed E-state index contributed by atoms with van der Waals surface area (Å²) < 4.78 is 18.6. The normalized spacial score (nSPS) is 20.2. The van der Waals surface area contributed by atoms with Crippen LogP contribution < -0.4 is 5.73 Å². The molecule has 1 saturated heterocycles. The summed E-state index contributed by atoms with van der Waals surface area (Å²) in [6.45, 7) is 4.19. The van der Waals surface area contributed by atoms with Crippen molar-refractivity contribution in [2.24, 2.45) is 11.7 Å². The second-order valence-corrected chi connectivity index (χ2v) is 4.64. The lowest BCUT2D eigenvalue weighted by atomic mass is 9.68. The Hall–Kier alpha value is -0.930. The van der Waals surface area contributed by atoms with Gasteiger partial charge in [0.2, 0.25) is 0 Å². The quantitative estimate of drug-likeness (QED) is 0.848. The summed E-state index contributed by atoms with van der Waals surface area (Å²) in [5.74, 6) is 0.247. The van der Waals surface area contributed by atoms with Crippen molar-refractivity contribution < 1.29 is 9.13 Å². The van der Waals surface area contributed by atoms with Crippen molar-refractivity contribution in [1.29, 1.82) is 0 Å². The first kappa shape index (κ1) is 11.6. The van der Waals surface area contributed by atoms with Crippen molar-refractivity contribution in [3.05, 3.63) is 35.6 Å². The standard InChI is InChI=1S/C13H18FNO/c1-10(5-6-15)13(8-16-9-13)11-3-2-4-12(14)7-11/h2-4,7,10H,5-6,8-9,15H2,1H3. The Bertz CT molecular complexity index is 363. The summed E-state index contributed by atoms with van der Waals surface area (Å²) in [5.41, 5.74) is 6.61. The van der Waals surface area contributed by atoms with Crippen LogP contribution in [0.2, 0.25) is 0 Å². The molecule has 1 aliphatic rings. The lowest BCUT2D eigenvalue weighted by molar-refractivity contribution is -0.0884. The van der Waals surface area contributed by atoms with E-state index < -0.39 is 0 Å². The Morgan fingerprint density at radius 3 is 2.75 bits per heavy atom. The first-order valence-corrected chi connectivity index (χ1v) is 5.73. The average Bonchev–Trinajstić information content (AvgIpc) is 2.16. The molecule has 0 amide bonds. The van der Waals surface area contributed by atoms with Crippen molar-refractivity contribution >= 4 is 0 Å². The minimum atomic E-state index is -0.177. The van der Waals surface area contributed by atoms with Crippen LogP contribution in [0.15, 0.2) is 24.3 Å². The van der Waals surface area contributed by atoms with Gasteiger partial charge >= 0.3 is 0 Å². The van der Waals surface area contributed by atoms with Gasteiger partial charge in [0.05, 0.1) is 13.2 Å². The predicted octanol–water partition coefficient (Wildman–Crippen LogP) is 2.08. The molecule has 0 bridgehead atoms. The van der Waals surface area contributed by atoms with Crippen LogP contribution in [0.5, 0.6) is 0 Å². The zero-order chi connectivity index (χ0) is 11.6. The van der Waals surface area contributed by atoms with E-state index in [1.54, 1.807) is 12.1 Å². The van der Waals surface area contributed by atoms with Gasteiger partial charge in [0, 0.05) is 5.41 Å². The average molecular weight is 223 g/mol. The van der Waals surface area contributed by atoms with Gasteiger partial charge in [-0.25, -0.2) is 4.39 Å². The molecule has 0 radical (unpaired) electrons. The summed E-state index contributed by atoms with van der Waals surface area (Å²) in [7, 11) is 0. The van der Waals surface area contributed by atoms with E-state index in [-0.39, 0.29) is 11.2 Å². The van der Waals surface area contributed by atoms with E-state index in [2.05, 4.69) is 6.92 Å². The molecule has 2 rings (SSSR count). The highest BCUT2D eigenvalue weighted by Crippen LogP contribution is 2.40. The minimum absolute atomic E-state index is 0.0263. The van der Waals surface area contributed by atoms with Gasteiger partial charge in [0.1, 0.15) is 5.82 Å². The van der Waals surface area contributed by atoms with E-state index in [9.17, 15) is 4.39 Å². The van der Waals surface area contributed by atoms with Gasteiger partial charge in [-0.3, -0.25) is 0 Å². The van der Waals surface area contributed by atoms with Crippen molar-refractivity contribution in [3.63, 3.8) is 0 Å². The second-order valence-electron chi connectivity index (χ2n) is 4.64. The Labute approximate surface area is 95.6 Å². The number of hydrogen-bond acceptors (Lipinski definition) is 2. The maximum atomic E-state index is 13.2. The molecule has 2 nitrogen and oxygen atoms in total. The van der Waals surface area contributed by atoms with Crippen LogP contribution in [0.1, 0.15) is 18.9 Å². The van der Waals surface area contributed by atoms with E-state index in [4.69, 9.17) is 10.5 Å². The van der Waals surface area contributed by atoms with Crippen molar-refractivity contribution in [3.8, 4) is 0 Å². The van der Waals surface area contributed by atoms with E-state index in [1.807, 2.05) is 6.07 Å². The molecule has 1 unspecified atom stereocenters. The van der Waals surface area contributed by atoms with E-state index in [0.717, 1.165) is 12.0 Å². The summed E-state index contributed by atoms with van der Waals surface area (Å²) in [6.07, 6.45) is 0.944. The van der Waals surface area contributed by atoms with Crippen LogP contribution >= 0.6 is 0 Å². The molecule has 0 spiro atoms. The number of rotatable bonds is 4. The molecule has 1 aliphatic heterocycles. The molecule has 2 N–H and O–H groups in total. The molecule has 1 aromatic rings. The van der Waals surface area contributed by atoms with Crippen LogP contribution in [-0.2, 0) is 10.2 Å². The van der Waals surface area contributed by atoms with Gasteiger partial charge in [-0.2, -0.15) is 0 Å². The summed E-state index contributed by atoms with van der Waals surface area (Å²) in [6, 6.07) is 6.85. The Morgan fingerprint density at radius 1 is 1.50 bits per heavy atom. The van der Waals surface area contributed by atoms with Crippen LogP contribution in [0.4, 0.5) is 4.39 Å². The van der Waals surface area contributed by atoms with Gasteiger partial charge < -0.3 is 10.5 Å². The van der Waals surface area contributed by atoms with E-state index >= 15 is 0 Å². The van der Waals surface area contributed by atoms with Crippen molar-refractivity contribution in [2.75, 3.05) is 19.8 Å². The number of nitrogens with two attached hydrogens (primary N) is 1. The first-order chi connectivity index (χ1) is 7.69. The fraction of sp³-hybridized carbons (Fsp3) is 0.538. The topological polar surface area (TPSA) is 35.2 Å². The summed E-state index contributed by atoms with van der Waals surface area (Å²) in [5, 5.41) is 0. The van der Waals surface area contributed by atoms with Gasteiger partial charge in [-0.05, 0) is 36.6 Å². The molecule has 1 atom stereocenters. The third kappa shape index (κ3) is 1.85. The largest absolute Gasteiger partial charge is 0.379 e. The highest BCUT2D eigenvalue weighted by atomic mass is 19.1. The number of ether oxygens (including phenoxy) is 1. The molecule has 0 aliphatic carbocycles. The van der Waals surface area contributed by atoms with Crippen molar-refractivity contribution in [1.82, 2.24) is 0 Å². The summed E-state index contributed by atoms with van der Waals surface area (Å²) in [4.78, 5) is 0.